The highest BCUT2D eigenvalue weighted by Crippen LogP contribution is 2.38. The summed E-state index contributed by atoms with van der Waals surface area (Å²) in [6, 6.07) is 12.7. The van der Waals surface area contributed by atoms with Crippen LogP contribution < -0.4 is 48.7 Å². The number of nitrogens with zero attached hydrogens (tertiary/aromatic N) is 7. The molecule has 0 aliphatic carbocycles. The first-order valence-corrected chi connectivity index (χ1v) is 25.7. The Bertz CT molecular complexity index is 3110. The fraction of sp³-hybridized carbons (Fsp3) is 0.431. The van der Waals surface area contributed by atoms with Crippen molar-refractivity contribution in [3.05, 3.63) is 101 Å². The molecule has 7 rings (SSSR count). The molecule has 0 spiro atoms. The van der Waals surface area contributed by atoms with Crippen LogP contribution in [0.2, 0.25) is 0 Å². The predicted octanol–water partition coefficient (Wildman–Crippen LogP) is 9.26. The van der Waals surface area contributed by atoms with Gasteiger partial charge < -0.3 is 38.2 Å². The van der Waals surface area contributed by atoms with E-state index in [0.29, 0.717) is 27.6 Å². The van der Waals surface area contributed by atoms with Gasteiger partial charge in [0.2, 0.25) is 0 Å². The zero-order valence-electron chi connectivity index (χ0n) is 43.7. The van der Waals surface area contributed by atoms with Crippen molar-refractivity contribution in [2.24, 2.45) is 0 Å². The van der Waals surface area contributed by atoms with Crippen molar-refractivity contribution in [1.29, 1.82) is 0 Å². The molecule has 2 aromatic carbocycles. The third-order valence-electron chi connectivity index (χ3n) is 12.8. The normalized spacial score (nSPS) is 15.5. The molecule has 1 N–H and O–H groups in total. The number of halogens is 10. The van der Waals surface area contributed by atoms with Crippen molar-refractivity contribution in [3.63, 3.8) is 0 Å². The zero-order chi connectivity index (χ0) is 58.5. The van der Waals surface area contributed by atoms with E-state index in [9.17, 15) is 48.7 Å². The van der Waals surface area contributed by atoms with E-state index >= 15 is 13.2 Å². The first-order valence-electron chi connectivity index (χ1n) is 24.3. The minimum absolute atomic E-state index is 0.196. The molecule has 3 aromatic heterocycles. The SMILES string of the molecule is COc1ccc(CN(Cc2ccc(OC)cc2OC)S(=O)(=O)c2cc(N(NC(=O)c3cc(OCC(F)(F)F)c(C)nc3N3CCC(F)(F)CC3)C(=O)c3cc(OCC(F)(F)F)c(C)nc3N3CCC(F)(F)CC3)ccn2)c(OC)c1. The summed E-state index contributed by atoms with van der Waals surface area (Å²) >= 11 is 0. The number of nitrogens with one attached hydrogen (secondary N) is 1. The van der Waals surface area contributed by atoms with E-state index in [1.807, 2.05) is 0 Å². The highest BCUT2D eigenvalue weighted by molar-refractivity contribution is 7.89. The number of aromatic nitrogens is 3. The van der Waals surface area contributed by atoms with E-state index < -0.39 is 158 Å². The molecule has 434 valence electrons. The van der Waals surface area contributed by atoms with Crippen LogP contribution >= 0.6 is 0 Å². The number of alkyl halides is 10. The molecule has 18 nitrogen and oxygen atoms in total. The number of hydrogen-bond donors (Lipinski definition) is 1. The number of carbonyl (C=O) groups excluding carboxylic acids is 2. The molecule has 0 radical (unpaired) electrons. The molecule has 0 bridgehead atoms. The van der Waals surface area contributed by atoms with E-state index in [1.54, 1.807) is 12.1 Å². The molecule has 29 heteroatoms. The number of rotatable bonds is 19. The fourth-order valence-electron chi connectivity index (χ4n) is 8.55. The number of hydrogen-bond acceptors (Lipinski definition) is 15. The number of methoxy groups -OCH3 is 4. The minimum Gasteiger partial charge on any atom is -0.497 e. The highest BCUT2D eigenvalue weighted by atomic mass is 32.2. The van der Waals surface area contributed by atoms with Crippen LogP contribution in [0.25, 0.3) is 0 Å². The van der Waals surface area contributed by atoms with Crippen molar-refractivity contribution >= 4 is 39.2 Å². The van der Waals surface area contributed by atoms with Gasteiger partial charge in [-0.1, -0.05) is 12.1 Å². The van der Waals surface area contributed by atoms with Crippen molar-refractivity contribution < 1.29 is 90.3 Å². The first kappa shape index (κ1) is 60.1. The molecule has 0 saturated carbocycles. The molecule has 2 fully saturated rings. The standard InChI is InChI=1S/C51H54F10N8O10S/c1-30-39(78-28-50(56,57)58)24-37(44(63-30)66-17-12-48(52,53)13-18-66)46(70)65-69(47(71)38-25-40(79-29-51(59,60)61)31(2)64-45(38)67-19-14-49(54,55)15-20-67)34-11-16-62-43(21-34)80(72,73)68(26-32-7-9-35(74-3)22-41(32)76-5)27-33-8-10-36(75-4)23-42(33)77-6/h7-11,16,21-25H,12-15,17-20,26-29H2,1-6H3,(H,65,70). The molecular weight excluding hydrogens is 1110 g/mol. The number of hydrazine groups is 1. The number of sulfonamides is 1. The lowest BCUT2D eigenvalue weighted by molar-refractivity contribution is -0.154. The van der Waals surface area contributed by atoms with E-state index in [1.165, 1.54) is 76.4 Å². The molecule has 2 saturated heterocycles. The third-order valence-corrected chi connectivity index (χ3v) is 14.5. The number of carbonyl (C=O) groups is 2. The smallest absolute Gasteiger partial charge is 0.422 e. The summed E-state index contributed by atoms with van der Waals surface area (Å²) in [6.45, 7) is -3.94. The van der Waals surface area contributed by atoms with Crippen molar-refractivity contribution in [2.75, 3.05) is 82.6 Å². The maximum absolute atomic E-state index is 15.5. The van der Waals surface area contributed by atoms with Crippen LogP contribution in [-0.2, 0) is 23.1 Å². The average Bonchev–Trinajstić information content (AvgIpc) is 3.41. The largest absolute Gasteiger partial charge is 0.497 e. The number of benzene rings is 2. The lowest BCUT2D eigenvalue weighted by atomic mass is 10.1. The lowest BCUT2D eigenvalue weighted by Gasteiger charge is -2.35. The van der Waals surface area contributed by atoms with Crippen LogP contribution in [0, 0.1) is 13.8 Å². The van der Waals surface area contributed by atoms with Gasteiger partial charge in [0, 0.05) is 100 Å². The van der Waals surface area contributed by atoms with Gasteiger partial charge in [-0.3, -0.25) is 15.0 Å². The van der Waals surface area contributed by atoms with E-state index in [2.05, 4.69) is 20.4 Å². The molecule has 5 heterocycles. The molecule has 2 amide bonds. The second kappa shape index (κ2) is 24.0. The average molecular weight is 1160 g/mol. The quantitative estimate of drug-likeness (QED) is 0.0608. The summed E-state index contributed by atoms with van der Waals surface area (Å²) in [7, 11) is 0.545. The highest BCUT2D eigenvalue weighted by Gasteiger charge is 2.40. The van der Waals surface area contributed by atoms with Crippen LogP contribution in [0.3, 0.4) is 0 Å². The molecule has 80 heavy (non-hydrogen) atoms. The van der Waals surface area contributed by atoms with Gasteiger partial charge >= 0.3 is 12.4 Å². The Morgan fingerprint density at radius 1 is 0.625 bits per heavy atom. The van der Waals surface area contributed by atoms with E-state index in [4.69, 9.17) is 28.4 Å². The van der Waals surface area contributed by atoms with Gasteiger partial charge in [0.25, 0.3) is 33.7 Å². The topological polar surface area (TPSA) is 187 Å². The van der Waals surface area contributed by atoms with Crippen molar-refractivity contribution in [1.82, 2.24) is 24.7 Å². The monoisotopic (exact) mass is 1160 g/mol. The maximum Gasteiger partial charge on any atom is 0.422 e. The van der Waals surface area contributed by atoms with Crippen molar-refractivity contribution in [2.45, 2.75) is 81.8 Å². The van der Waals surface area contributed by atoms with E-state index in [-0.39, 0.29) is 34.5 Å². The fourth-order valence-corrected chi connectivity index (χ4v) is 9.90. The van der Waals surface area contributed by atoms with Crippen LogP contribution in [-0.4, -0.2) is 132 Å². The summed E-state index contributed by atoms with van der Waals surface area (Å²) in [5, 5.41) is -0.384. The molecular formula is C51H54F10N8O10S. The van der Waals surface area contributed by atoms with Gasteiger partial charge in [-0.2, -0.15) is 30.6 Å². The second-order valence-corrected chi connectivity index (χ2v) is 20.3. The Kier molecular flexibility index (Phi) is 18.1. The summed E-state index contributed by atoms with van der Waals surface area (Å²) in [6.07, 6.45) is -11.9. The Hall–Kier alpha value is -7.56. The number of anilines is 3. The Labute approximate surface area is 452 Å². The van der Waals surface area contributed by atoms with Gasteiger partial charge in [0.15, 0.2) is 18.2 Å². The van der Waals surface area contributed by atoms with Gasteiger partial charge in [0.05, 0.1) is 56.6 Å². The summed E-state index contributed by atoms with van der Waals surface area (Å²) in [5.41, 5.74) is 0.581. The Balaban J connectivity index is 1.42. The van der Waals surface area contributed by atoms with Crippen LogP contribution in [0.15, 0.2) is 71.9 Å². The Morgan fingerprint density at radius 2 is 1.06 bits per heavy atom. The van der Waals surface area contributed by atoms with Crippen LogP contribution in [0.1, 0.15) is 68.9 Å². The minimum atomic E-state index is -4.94. The molecule has 2 aliphatic heterocycles. The number of amides is 2. The summed E-state index contributed by atoms with van der Waals surface area (Å²) < 4.78 is 203. The maximum atomic E-state index is 15.5. The number of piperidine rings is 2. The zero-order valence-corrected chi connectivity index (χ0v) is 44.6. The summed E-state index contributed by atoms with van der Waals surface area (Å²) in [4.78, 5) is 45.7. The number of ether oxygens (including phenoxy) is 6. The van der Waals surface area contributed by atoms with Crippen LogP contribution in [0.4, 0.5) is 61.2 Å². The van der Waals surface area contributed by atoms with Gasteiger partial charge in [-0.05, 0) is 44.2 Å². The van der Waals surface area contributed by atoms with Crippen LogP contribution in [0.5, 0.6) is 34.5 Å². The van der Waals surface area contributed by atoms with E-state index in [0.717, 1.165) is 34.8 Å². The molecule has 0 atom stereocenters. The molecule has 5 aromatic rings. The number of pyridine rings is 3. The third kappa shape index (κ3) is 14.6. The summed E-state index contributed by atoms with van der Waals surface area (Å²) in [5.74, 6) is -9.98. The van der Waals surface area contributed by atoms with Gasteiger partial charge in [-0.25, -0.2) is 45.9 Å². The molecule has 0 unspecified atom stereocenters. The molecule has 2 aliphatic rings. The Morgan fingerprint density at radius 3 is 1.49 bits per heavy atom. The van der Waals surface area contributed by atoms with Gasteiger partial charge in [-0.15, -0.1) is 0 Å². The van der Waals surface area contributed by atoms with Gasteiger partial charge in [0.1, 0.15) is 46.1 Å². The predicted molar refractivity (Wildman–Crippen MR) is 268 cm³/mol. The number of aryl methyl sites for hydroxylation is 2. The first-order chi connectivity index (χ1) is 37.5. The van der Waals surface area contributed by atoms with Crippen molar-refractivity contribution in [3.8, 4) is 34.5 Å². The second-order valence-electron chi connectivity index (χ2n) is 18.4. The lowest BCUT2D eigenvalue weighted by Crippen LogP contribution is -2.48.